The summed E-state index contributed by atoms with van der Waals surface area (Å²) in [5.74, 6) is 0.989. The molecule has 2 aromatic carbocycles. The van der Waals surface area contributed by atoms with Crippen LogP contribution in [0.25, 0.3) is 0 Å². The fourth-order valence-corrected chi connectivity index (χ4v) is 2.25. The number of carbonyl (C=O) groups is 1. The van der Waals surface area contributed by atoms with Gasteiger partial charge in [-0.2, -0.15) is 0 Å². The second-order valence-corrected chi connectivity index (χ2v) is 5.66. The molecule has 0 spiro atoms. The van der Waals surface area contributed by atoms with Gasteiger partial charge in [-0.15, -0.1) is 0 Å². The third-order valence-electron chi connectivity index (χ3n) is 3.15. The summed E-state index contributed by atoms with van der Waals surface area (Å²) in [4.78, 5) is 11.8. The summed E-state index contributed by atoms with van der Waals surface area (Å²) in [5.41, 5.74) is 1.12. The maximum atomic E-state index is 11.8. The van der Waals surface area contributed by atoms with Crippen molar-refractivity contribution in [3.8, 4) is 11.5 Å². The van der Waals surface area contributed by atoms with Crippen molar-refractivity contribution >= 4 is 29.1 Å². The lowest BCUT2D eigenvalue weighted by atomic mass is 10.1. The van der Waals surface area contributed by atoms with Gasteiger partial charge in [-0.3, -0.25) is 4.79 Å². The minimum atomic E-state index is -0.213. The molecule has 0 fully saturated rings. The van der Waals surface area contributed by atoms with Crippen molar-refractivity contribution in [3.63, 3.8) is 0 Å². The molecule has 0 radical (unpaired) electrons. The topological polar surface area (TPSA) is 47.6 Å². The van der Waals surface area contributed by atoms with Crippen molar-refractivity contribution in [2.45, 2.75) is 6.42 Å². The van der Waals surface area contributed by atoms with Gasteiger partial charge in [0.25, 0.3) is 5.91 Å². The summed E-state index contributed by atoms with van der Waals surface area (Å²) in [6, 6.07) is 12.6. The Morgan fingerprint density at radius 1 is 1.13 bits per heavy atom. The van der Waals surface area contributed by atoms with E-state index in [4.69, 9.17) is 32.7 Å². The zero-order valence-electron chi connectivity index (χ0n) is 12.6. The van der Waals surface area contributed by atoms with Crippen LogP contribution in [-0.4, -0.2) is 26.2 Å². The van der Waals surface area contributed by atoms with Gasteiger partial charge in [-0.05, 0) is 36.2 Å². The van der Waals surface area contributed by atoms with Crippen LogP contribution in [0.1, 0.15) is 5.56 Å². The summed E-state index contributed by atoms with van der Waals surface area (Å²) in [6.45, 7) is 0.417. The molecule has 23 heavy (non-hydrogen) atoms. The van der Waals surface area contributed by atoms with Gasteiger partial charge in [-0.25, -0.2) is 0 Å². The molecule has 0 saturated carbocycles. The smallest absolute Gasteiger partial charge is 0.257 e. The van der Waals surface area contributed by atoms with Crippen LogP contribution < -0.4 is 14.8 Å². The summed E-state index contributed by atoms with van der Waals surface area (Å²) in [7, 11) is 1.63. The van der Waals surface area contributed by atoms with Crippen molar-refractivity contribution in [2.75, 3.05) is 20.3 Å². The average molecular weight is 354 g/mol. The van der Waals surface area contributed by atoms with E-state index < -0.39 is 0 Å². The maximum Gasteiger partial charge on any atom is 0.257 e. The first-order chi connectivity index (χ1) is 11.1. The Bertz CT molecular complexity index is 659. The highest BCUT2D eigenvalue weighted by Crippen LogP contribution is 2.27. The van der Waals surface area contributed by atoms with Gasteiger partial charge < -0.3 is 14.8 Å². The van der Waals surface area contributed by atoms with Crippen LogP contribution in [-0.2, 0) is 11.2 Å². The standard InChI is InChI=1S/C17H17Cl2NO3/c1-22-14-5-2-12(3-6-14)8-9-20-17(21)11-23-16-10-13(18)4-7-15(16)19/h2-7,10H,8-9,11H2,1H3,(H,20,21). The fraction of sp³-hybridized carbons (Fsp3) is 0.235. The average Bonchev–Trinajstić information content (AvgIpc) is 2.56. The van der Waals surface area contributed by atoms with Crippen LogP contribution in [0, 0.1) is 0 Å². The number of methoxy groups -OCH3 is 1. The van der Waals surface area contributed by atoms with Crippen LogP contribution in [0.2, 0.25) is 10.0 Å². The van der Waals surface area contributed by atoms with Gasteiger partial charge >= 0.3 is 0 Å². The summed E-state index contributed by atoms with van der Waals surface area (Å²) in [6.07, 6.45) is 0.730. The molecule has 0 bridgehead atoms. The van der Waals surface area contributed by atoms with E-state index in [0.29, 0.717) is 22.3 Å². The molecule has 0 heterocycles. The van der Waals surface area contributed by atoms with Crippen molar-refractivity contribution < 1.29 is 14.3 Å². The minimum Gasteiger partial charge on any atom is -0.497 e. The molecule has 0 atom stereocenters. The molecule has 0 aromatic heterocycles. The fourth-order valence-electron chi connectivity index (χ4n) is 1.92. The molecule has 4 nitrogen and oxygen atoms in total. The lowest BCUT2D eigenvalue weighted by Crippen LogP contribution is -2.30. The van der Waals surface area contributed by atoms with Crippen molar-refractivity contribution in [1.82, 2.24) is 5.32 Å². The number of hydrogen-bond donors (Lipinski definition) is 1. The summed E-state index contributed by atoms with van der Waals surface area (Å²) in [5, 5.41) is 3.71. The Labute approximate surface area is 145 Å². The molecule has 2 rings (SSSR count). The van der Waals surface area contributed by atoms with Gasteiger partial charge in [0.1, 0.15) is 11.5 Å². The molecule has 0 aliphatic carbocycles. The lowest BCUT2D eigenvalue weighted by molar-refractivity contribution is -0.123. The minimum absolute atomic E-state index is 0.108. The zero-order valence-corrected chi connectivity index (χ0v) is 14.2. The molecule has 122 valence electrons. The first-order valence-electron chi connectivity index (χ1n) is 7.06. The number of amides is 1. The Hall–Kier alpha value is -1.91. The van der Waals surface area contributed by atoms with Crippen LogP contribution in [0.3, 0.4) is 0 Å². The quantitative estimate of drug-likeness (QED) is 0.824. The van der Waals surface area contributed by atoms with E-state index in [-0.39, 0.29) is 12.5 Å². The molecule has 0 aliphatic rings. The Kier molecular flexibility index (Phi) is 6.56. The van der Waals surface area contributed by atoms with Crippen LogP contribution in [0.4, 0.5) is 0 Å². The van der Waals surface area contributed by atoms with Gasteiger partial charge in [0, 0.05) is 17.6 Å². The number of benzene rings is 2. The predicted octanol–water partition coefficient (Wildman–Crippen LogP) is 3.74. The number of ether oxygens (including phenoxy) is 2. The monoisotopic (exact) mass is 353 g/mol. The molecule has 6 heteroatoms. The molecule has 1 N–H and O–H groups in total. The molecular weight excluding hydrogens is 337 g/mol. The largest absolute Gasteiger partial charge is 0.497 e. The first-order valence-corrected chi connectivity index (χ1v) is 7.81. The van der Waals surface area contributed by atoms with E-state index in [1.807, 2.05) is 24.3 Å². The number of halogens is 2. The molecular formula is C17H17Cl2NO3. The Balaban J connectivity index is 1.73. The molecule has 0 unspecified atom stereocenters. The van der Waals surface area contributed by atoms with Crippen LogP contribution in [0.15, 0.2) is 42.5 Å². The maximum absolute atomic E-state index is 11.8. The van der Waals surface area contributed by atoms with Crippen molar-refractivity contribution in [1.29, 1.82) is 0 Å². The predicted molar refractivity (Wildman–Crippen MR) is 91.7 cm³/mol. The second-order valence-electron chi connectivity index (χ2n) is 4.81. The Morgan fingerprint density at radius 2 is 1.87 bits per heavy atom. The van der Waals surface area contributed by atoms with E-state index in [9.17, 15) is 4.79 Å². The van der Waals surface area contributed by atoms with Gasteiger partial charge in [-0.1, -0.05) is 35.3 Å². The van der Waals surface area contributed by atoms with Crippen LogP contribution >= 0.6 is 23.2 Å². The molecule has 0 aliphatic heterocycles. The molecule has 0 saturated heterocycles. The third kappa shape index (κ3) is 5.66. The first kappa shape index (κ1) is 17.4. The summed E-state index contributed by atoms with van der Waals surface area (Å²) >= 11 is 11.8. The van der Waals surface area contributed by atoms with E-state index >= 15 is 0 Å². The highest BCUT2D eigenvalue weighted by molar-refractivity contribution is 6.34. The van der Waals surface area contributed by atoms with Crippen LogP contribution in [0.5, 0.6) is 11.5 Å². The normalized spacial score (nSPS) is 10.2. The third-order valence-corrected chi connectivity index (χ3v) is 3.69. The zero-order chi connectivity index (χ0) is 16.7. The highest BCUT2D eigenvalue weighted by Gasteiger charge is 2.06. The number of carbonyl (C=O) groups excluding carboxylic acids is 1. The lowest BCUT2D eigenvalue weighted by Gasteiger charge is -2.09. The summed E-state index contributed by atoms with van der Waals surface area (Å²) < 4.78 is 10.5. The Morgan fingerprint density at radius 3 is 2.57 bits per heavy atom. The SMILES string of the molecule is COc1ccc(CCNC(=O)COc2cc(Cl)ccc2Cl)cc1. The van der Waals surface area contributed by atoms with Gasteiger partial charge in [0.2, 0.25) is 0 Å². The van der Waals surface area contributed by atoms with Crippen molar-refractivity contribution in [2.24, 2.45) is 0 Å². The second kappa shape index (κ2) is 8.65. The highest BCUT2D eigenvalue weighted by atomic mass is 35.5. The van der Waals surface area contributed by atoms with Gasteiger partial charge in [0.05, 0.1) is 12.1 Å². The van der Waals surface area contributed by atoms with E-state index in [0.717, 1.165) is 17.7 Å². The van der Waals surface area contributed by atoms with Gasteiger partial charge in [0.15, 0.2) is 6.61 Å². The molecule has 1 amide bonds. The number of nitrogens with one attached hydrogen (secondary N) is 1. The van der Waals surface area contributed by atoms with E-state index in [1.165, 1.54) is 0 Å². The van der Waals surface area contributed by atoms with Crippen molar-refractivity contribution in [3.05, 3.63) is 58.1 Å². The number of hydrogen-bond acceptors (Lipinski definition) is 3. The van der Waals surface area contributed by atoms with E-state index in [1.54, 1.807) is 25.3 Å². The van der Waals surface area contributed by atoms with E-state index in [2.05, 4.69) is 5.32 Å². The number of rotatable bonds is 7. The molecule has 2 aromatic rings.